The van der Waals surface area contributed by atoms with E-state index in [1.807, 2.05) is 17.0 Å². The maximum absolute atomic E-state index is 12.7. The molecule has 124 valence electrons. The van der Waals surface area contributed by atoms with E-state index in [1.54, 1.807) is 24.2 Å². The van der Waals surface area contributed by atoms with Crippen LogP contribution >= 0.6 is 0 Å². The van der Waals surface area contributed by atoms with E-state index < -0.39 is 0 Å². The fraction of sp³-hybridized carbons (Fsp3) is 0.412. The standard InChI is InChI=1S/C17H18N4O3/c1-11-13(9-19-24-11)17(23)20-6-4-14-15(20)7-16(22)21(14)10-12-3-2-5-18-8-12/h2-3,5,8-9,14-15H,4,6-7,10H2,1H3/t14-,15+/m1/s1. The Kier molecular flexibility index (Phi) is 3.55. The van der Waals surface area contributed by atoms with Crippen LogP contribution in [0.3, 0.4) is 0 Å². The minimum Gasteiger partial charge on any atom is -0.361 e. The average molecular weight is 326 g/mol. The molecule has 2 aliphatic heterocycles. The molecule has 0 saturated carbocycles. The number of likely N-dealkylation sites (tertiary alicyclic amines) is 2. The van der Waals surface area contributed by atoms with Gasteiger partial charge in [0.25, 0.3) is 5.91 Å². The van der Waals surface area contributed by atoms with Crippen LogP contribution in [-0.2, 0) is 11.3 Å². The van der Waals surface area contributed by atoms with Gasteiger partial charge in [0, 0.05) is 31.9 Å². The van der Waals surface area contributed by atoms with E-state index in [9.17, 15) is 9.59 Å². The number of aromatic nitrogens is 2. The molecule has 0 aromatic carbocycles. The van der Waals surface area contributed by atoms with Crippen molar-refractivity contribution in [2.75, 3.05) is 6.54 Å². The molecule has 0 bridgehead atoms. The van der Waals surface area contributed by atoms with Gasteiger partial charge in [-0.25, -0.2) is 0 Å². The Morgan fingerprint density at radius 3 is 2.96 bits per heavy atom. The number of nitrogens with zero attached hydrogens (tertiary/aromatic N) is 4. The number of hydrogen-bond acceptors (Lipinski definition) is 5. The zero-order chi connectivity index (χ0) is 16.7. The Hall–Kier alpha value is -2.70. The average Bonchev–Trinajstić information content (AvgIpc) is 3.26. The van der Waals surface area contributed by atoms with Gasteiger partial charge >= 0.3 is 0 Å². The number of hydrogen-bond donors (Lipinski definition) is 0. The summed E-state index contributed by atoms with van der Waals surface area (Å²) in [4.78, 5) is 33.0. The predicted octanol–water partition coefficient (Wildman–Crippen LogP) is 1.39. The molecule has 2 aliphatic rings. The number of fused-ring (bicyclic) bond motifs is 1. The molecule has 0 N–H and O–H groups in total. The largest absolute Gasteiger partial charge is 0.361 e. The normalized spacial score (nSPS) is 23.0. The van der Waals surface area contributed by atoms with Gasteiger partial charge in [-0.3, -0.25) is 14.6 Å². The lowest BCUT2D eigenvalue weighted by Gasteiger charge is -2.25. The predicted molar refractivity (Wildman–Crippen MR) is 83.9 cm³/mol. The summed E-state index contributed by atoms with van der Waals surface area (Å²) in [5.41, 5.74) is 1.49. The third-order valence-electron chi connectivity index (χ3n) is 4.93. The van der Waals surface area contributed by atoms with Crippen molar-refractivity contribution in [2.24, 2.45) is 0 Å². The van der Waals surface area contributed by atoms with Gasteiger partial charge in [-0.2, -0.15) is 0 Å². The Morgan fingerprint density at radius 2 is 2.25 bits per heavy atom. The van der Waals surface area contributed by atoms with Gasteiger partial charge in [-0.1, -0.05) is 11.2 Å². The van der Waals surface area contributed by atoms with Gasteiger partial charge in [0.2, 0.25) is 5.91 Å². The Morgan fingerprint density at radius 1 is 1.38 bits per heavy atom. The molecule has 24 heavy (non-hydrogen) atoms. The molecule has 7 nitrogen and oxygen atoms in total. The Bertz CT molecular complexity index is 773. The number of rotatable bonds is 3. The van der Waals surface area contributed by atoms with Crippen LogP contribution in [0.4, 0.5) is 0 Å². The van der Waals surface area contributed by atoms with Crippen molar-refractivity contribution in [2.45, 2.75) is 38.4 Å². The fourth-order valence-electron chi connectivity index (χ4n) is 3.73. The monoisotopic (exact) mass is 326 g/mol. The molecule has 2 amide bonds. The fourth-order valence-corrected chi connectivity index (χ4v) is 3.73. The number of pyridine rings is 1. The Balaban J connectivity index is 1.53. The highest BCUT2D eigenvalue weighted by molar-refractivity contribution is 5.96. The highest BCUT2D eigenvalue weighted by Gasteiger charge is 2.48. The van der Waals surface area contributed by atoms with Crippen LogP contribution in [0.2, 0.25) is 0 Å². The molecule has 7 heteroatoms. The number of amides is 2. The number of carbonyl (C=O) groups is 2. The summed E-state index contributed by atoms with van der Waals surface area (Å²) in [5.74, 6) is 0.505. The van der Waals surface area contributed by atoms with Crippen molar-refractivity contribution < 1.29 is 14.1 Å². The highest BCUT2D eigenvalue weighted by atomic mass is 16.5. The molecule has 0 radical (unpaired) electrons. The van der Waals surface area contributed by atoms with Crippen molar-refractivity contribution in [3.63, 3.8) is 0 Å². The summed E-state index contributed by atoms with van der Waals surface area (Å²) in [6, 6.07) is 3.83. The molecule has 2 saturated heterocycles. The van der Waals surface area contributed by atoms with Crippen molar-refractivity contribution >= 4 is 11.8 Å². The van der Waals surface area contributed by atoms with Crippen molar-refractivity contribution in [3.8, 4) is 0 Å². The van der Waals surface area contributed by atoms with E-state index in [0.29, 0.717) is 30.8 Å². The first-order valence-electron chi connectivity index (χ1n) is 8.06. The second-order valence-corrected chi connectivity index (χ2v) is 6.30. The summed E-state index contributed by atoms with van der Waals surface area (Å²) in [6.45, 7) is 2.92. The third kappa shape index (κ3) is 2.36. The van der Waals surface area contributed by atoms with Gasteiger partial charge < -0.3 is 14.3 Å². The van der Waals surface area contributed by atoms with Crippen LogP contribution in [0.15, 0.2) is 35.2 Å². The summed E-state index contributed by atoms with van der Waals surface area (Å²) in [7, 11) is 0. The summed E-state index contributed by atoms with van der Waals surface area (Å²) in [5, 5.41) is 3.68. The lowest BCUT2D eigenvalue weighted by molar-refractivity contribution is -0.129. The van der Waals surface area contributed by atoms with Crippen LogP contribution < -0.4 is 0 Å². The molecule has 2 fully saturated rings. The second kappa shape index (κ2) is 5.74. The Labute approximate surface area is 139 Å². The van der Waals surface area contributed by atoms with Crippen molar-refractivity contribution in [3.05, 3.63) is 47.6 Å². The minimum atomic E-state index is -0.0997. The number of carbonyl (C=O) groups excluding carboxylic acids is 2. The SMILES string of the molecule is Cc1oncc1C(=O)N1CC[C@@H]2[C@@H]1CC(=O)N2Cc1cccnc1. The topological polar surface area (TPSA) is 79.5 Å². The van der Waals surface area contributed by atoms with Crippen LogP contribution in [0.5, 0.6) is 0 Å². The van der Waals surface area contributed by atoms with E-state index in [-0.39, 0.29) is 23.9 Å². The van der Waals surface area contributed by atoms with Crippen LogP contribution in [0.25, 0.3) is 0 Å². The van der Waals surface area contributed by atoms with Crippen molar-refractivity contribution in [1.82, 2.24) is 19.9 Å². The zero-order valence-corrected chi connectivity index (χ0v) is 13.4. The molecule has 0 unspecified atom stereocenters. The molecule has 0 aliphatic carbocycles. The van der Waals surface area contributed by atoms with Gasteiger partial charge in [-0.05, 0) is 25.0 Å². The van der Waals surface area contributed by atoms with E-state index in [4.69, 9.17) is 4.52 Å². The lowest BCUT2D eigenvalue weighted by Crippen LogP contribution is -2.39. The van der Waals surface area contributed by atoms with E-state index in [0.717, 1.165) is 12.0 Å². The molecule has 4 rings (SSSR count). The number of aryl methyl sites for hydroxylation is 1. The van der Waals surface area contributed by atoms with E-state index in [1.165, 1.54) is 6.20 Å². The van der Waals surface area contributed by atoms with Crippen molar-refractivity contribution in [1.29, 1.82) is 0 Å². The van der Waals surface area contributed by atoms with Crippen LogP contribution in [0, 0.1) is 6.92 Å². The van der Waals surface area contributed by atoms with Gasteiger partial charge in [-0.15, -0.1) is 0 Å². The summed E-state index contributed by atoms with van der Waals surface area (Å²) >= 11 is 0. The lowest BCUT2D eigenvalue weighted by atomic mass is 10.1. The minimum absolute atomic E-state index is 0.0711. The first-order valence-corrected chi connectivity index (χ1v) is 8.06. The van der Waals surface area contributed by atoms with Gasteiger partial charge in [0.1, 0.15) is 11.3 Å². The van der Waals surface area contributed by atoms with Crippen LogP contribution in [-0.4, -0.2) is 50.4 Å². The molecule has 2 aromatic rings. The second-order valence-electron chi connectivity index (χ2n) is 6.30. The molecule has 2 atom stereocenters. The van der Waals surface area contributed by atoms with Gasteiger partial charge in [0.15, 0.2) is 0 Å². The quantitative estimate of drug-likeness (QED) is 0.851. The van der Waals surface area contributed by atoms with Crippen LogP contribution in [0.1, 0.15) is 34.5 Å². The maximum atomic E-state index is 12.7. The third-order valence-corrected chi connectivity index (χ3v) is 4.93. The molecule has 4 heterocycles. The molecular weight excluding hydrogens is 308 g/mol. The molecule has 0 spiro atoms. The van der Waals surface area contributed by atoms with E-state index in [2.05, 4.69) is 10.1 Å². The first-order chi connectivity index (χ1) is 11.6. The zero-order valence-electron chi connectivity index (χ0n) is 13.4. The summed E-state index contributed by atoms with van der Waals surface area (Å²) < 4.78 is 5.00. The van der Waals surface area contributed by atoms with Gasteiger partial charge in [0.05, 0.1) is 18.3 Å². The smallest absolute Gasteiger partial charge is 0.259 e. The summed E-state index contributed by atoms with van der Waals surface area (Å²) in [6.07, 6.45) is 6.12. The first kappa shape index (κ1) is 14.9. The highest BCUT2D eigenvalue weighted by Crippen LogP contribution is 2.34. The maximum Gasteiger partial charge on any atom is 0.259 e. The molecule has 2 aromatic heterocycles. The molecular formula is C17H18N4O3. The van der Waals surface area contributed by atoms with E-state index >= 15 is 0 Å².